The first-order valence-corrected chi connectivity index (χ1v) is 7.89. The second kappa shape index (κ2) is 8.17. The molecule has 0 unspecified atom stereocenters. The molecule has 6 nitrogen and oxygen atoms in total. The first kappa shape index (κ1) is 19.7. The van der Waals surface area contributed by atoms with Crippen LogP contribution in [0.5, 0.6) is 11.5 Å². The Morgan fingerprint density at radius 3 is 2.54 bits per heavy atom. The smallest absolute Gasteiger partial charge is 0.497 e. The summed E-state index contributed by atoms with van der Waals surface area (Å²) in [6, 6.07) is 5.46. The Morgan fingerprint density at radius 1 is 1.19 bits per heavy atom. The number of alkyl halides is 3. The molecule has 26 heavy (non-hydrogen) atoms. The number of aromatic nitrogens is 1. The molecule has 0 aliphatic heterocycles. The Balaban J connectivity index is 2.30. The van der Waals surface area contributed by atoms with Crippen molar-refractivity contribution in [2.75, 3.05) is 25.6 Å². The van der Waals surface area contributed by atoms with Crippen molar-refractivity contribution in [3.05, 3.63) is 42.2 Å². The predicted octanol–water partition coefficient (Wildman–Crippen LogP) is 3.92. The molecule has 0 fully saturated rings. The molecular formula is C16H15F3N2O4S. The summed E-state index contributed by atoms with van der Waals surface area (Å²) in [5, 5.41) is 0. The van der Waals surface area contributed by atoms with E-state index in [0.717, 1.165) is 11.9 Å². The first-order chi connectivity index (χ1) is 12.2. The van der Waals surface area contributed by atoms with Gasteiger partial charge in [-0.25, -0.2) is 4.79 Å². The molecule has 0 aliphatic carbocycles. The van der Waals surface area contributed by atoms with E-state index in [2.05, 4.69) is 14.5 Å². The number of benzene rings is 1. The van der Waals surface area contributed by atoms with Crippen molar-refractivity contribution < 1.29 is 32.2 Å². The van der Waals surface area contributed by atoms with E-state index in [0.29, 0.717) is 11.4 Å². The van der Waals surface area contributed by atoms with Crippen LogP contribution in [0.1, 0.15) is 10.4 Å². The minimum atomic E-state index is -4.82. The van der Waals surface area contributed by atoms with Crippen LogP contribution in [0.4, 0.5) is 18.9 Å². The SMILES string of the molecule is COC(=O)c1cncc(N(C)Sc2cc(OC)ccc2OC(F)(F)F)c1. The van der Waals surface area contributed by atoms with Gasteiger partial charge in [-0.3, -0.25) is 4.98 Å². The molecule has 0 radical (unpaired) electrons. The number of anilines is 1. The Bertz CT molecular complexity index is 786. The van der Waals surface area contributed by atoms with E-state index in [-0.39, 0.29) is 16.2 Å². The van der Waals surface area contributed by atoms with Crippen LogP contribution in [-0.4, -0.2) is 38.6 Å². The maximum absolute atomic E-state index is 12.6. The van der Waals surface area contributed by atoms with Gasteiger partial charge in [-0.2, -0.15) is 0 Å². The van der Waals surface area contributed by atoms with E-state index >= 15 is 0 Å². The van der Waals surface area contributed by atoms with Crippen LogP contribution in [0.25, 0.3) is 0 Å². The summed E-state index contributed by atoms with van der Waals surface area (Å²) >= 11 is 0.958. The van der Waals surface area contributed by atoms with Gasteiger partial charge in [-0.05, 0) is 36.2 Å². The topological polar surface area (TPSA) is 60.9 Å². The number of pyridine rings is 1. The van der Waals surface area contributed by atoms with Gasteiger partial charge in [0.2, 0.25) is 0 Å². The molecule has 10 heteroatoms. The van der Waals surface area contributed by atoms with E-state index in [1.54, 1.807) is 7.05 Å². The molecule has 0 saturated carbocycles. The highest BCUT2D eigenvalue weighted by molar-refractivity contribution is 8.00. The van der Waals surface area contributed by atoms with E-state index in [4.69, 9.17) is 4.74 Å². The Kier molecular flexibility index (Phi) is 6.19. The van der Waals surface area contributed by atoms with Gasteiger partial charge in [-0.15, -0.1) is 13.2 Å². The van der Waals surface area contributed by atoms with Gasteiger partial charge >= 0.3 is 12.3 Å². The molecule has 0 aliphatic rings. The van der Waals surface area contributed by atoms with Crippen molar-refractivity contribution in [3.63, 3.8) is 0 Å². The van der Waals surface area contributed by atoms with E-state index in [1.807, 2.05) is 0 Å². The lowest BCUT2D eigenvalue weighted by Gasteiger charge is -2.20. The van der Waals surface area contributed by atoms with Crippen LogP contribution in [0.3, 0.4) is 0 Å². The second-order valence-electron chi connectivity index (χ2n) is 4.87. The summed E-state index contributed by atoms with van der Waals surface area (Å²) in [5.41, 5.74) is 0.702. The Hall–Kier alpha value is -2.62. The fraction of sp³-hybridized carbons (Fsp3) is 0.250. The van der Waals surface area contributed by atoms with Gasteiger partial charge in [0, 0.05) is 13.2 Å². The number of hydrogen-bond acceptors (Lipinski definition) is 7. The van der Waals surface area contributed by atoms with Gasteiger partial charge in [-0.1, -0.05) is 0 Å². The molecule has 1 heterocycles. The highest BCUT2D eigenvalue weighted by atomic mass is 32.2. The maximum Gasteiger partial charge on any atom is 0.573 e. The maximum atomic E-state index is 12.6. The molecule has 2 aromatic rings. The third kappa shape index (κ3) is 5.19. The van der Waals surface area contributed by atoms with Crippen molar-refractivity contribution in [3.8, 4) is 11.5 Å². The number of carbonyl (C=O) groups excluding carboxylic acids is 1. The lowest BCUT2D eigenvalue weighted by Crippen LogP contribution is -2.18. The fourth-order valence-corrected chi connectivity index (χ4v) is 2.79. The number of methoxy groups -OCH3 is 2. The standard InChI is InChI=1S/C16H15F3N2O4S/c1-21(11-6-10(8-20-9-11)15(22)24-3)26-14-7-12(23-2)4-5-13(14)25-16(17,18)19/h4-9H,1-3H3. The molecule has 0 spiro atoms. The Labute approximate surface area is 152 Å². The Morgan fingerprint density at radius 2 is 1.92 bits per heavy atom. The molecule has 0 bridgehead atoms. The highest BCUT2D eigenvalue weighted by Crippen LogP contribution is 2.38. The number of ether oxygens (including phenoxy) is 3. The largest absolute Gasteiger partial charge is 0.573 e. The molecule has 0 saturated heterocycles. The summed E-state index contributed by atoms with van der Waals surface area (Å²) in [6.45, 7) is 0. The number of rotatable bonds is 6. The normalized spacial score (nSPS) is 11.0. The van der Waals surface area contributed by atoms with Crippen LogP contribution in [-0.2, 0) is 4.74 Å². The highest BCUT2D eigenvalue weighted by Gasteiger charge is 2.32. The van der Waals surface area contributed by atoms with E-state index < -0.39 is 12.3 Å². The lowest BCUT2D eigenvalue weighted by molar-refractivity contribution is -0.275. The average molecular weight is 388 g/mol. The first-order valence-electron chi connectivity index (χ1n) is 7.12. The molecule has 1 aromatic heterocycles. The number of nitrogens with zero attached hydrogens (tertiary/aromatic N) is 2. The quantitative estimate of drug-likeness (QED) is 0.549. The molecular weight excluding hydrogens is 373 g/mol. The predicted molar refractivity (Wildman–Crippen MR) is 89.5 cm³/mol. The molecule has 0 amide bonds. The fourth-order valence-electron chi connectivity index (χ4n) is 1.93. The minimum absolute atomic E-state index is 0.174. The molecule has 0 N–H and O–H groups in total. The summed E-state index contributed by atoms with van der Waals surface area (Å²) < 4.78 is 53.1. The van der Waals surface area contributed by atoms with Crippen LogP contribution in [0.15, 0.2) is 41.6 Å². The van der Waals surface area contributed by atoms with Crippen LogP contribution in [0.2, 0.25) is 0 Å². The average Bonchev–Trinajstić information content (AvgIpc) is 2.61. The molecule has 0 atom stereocenters. The molecule has 140 valence electrons. The van der Waals surface area contributed by atoms with Crippen molar-refractivity contribution in [1.29, 1.82) is 0 Å². The molecule has 2 rings (SSSR count). The van der Waals surface area contributed by atoms with Gasteiger partial charge in [0.05, 0.1) is 36.6 Å². The van der Waals surface area contributed by atoms with Crippen LogP contribution >= 0.6 is 11.9 Å². The number of esters is 1. The summed E-state index contributed by atoms with van der Waals surface area (Å²) in [6.07, 6.45) is -2.03. The van der Waals surface area contributed by atoms with Gasteiger partial charge in [0.1, 0.15) is 11.5 Å². The zero-order valence-corrected chi connectivity index (χ0v) is 14.9. The minimum Gasteiger partial charge on any atom is -0.497 e. The van der Waals surface area contributed by atoms with Gasteiger partial charge in [0.15, 0.2) is 0 Å². The van der Waals surface area contributed by atoms with Crippen molar-refractivity contribution in [2.24, 2.45) is 0 Å². The monoisotopic (exact) mass is 388 g/mol. The lowest BCUT2D eigenvalue weighted by atomic mass is 10.2. The van der Waals surface area contributed by atoms with Crippen LogP contribution < -0.4 is 13.8 Å². The molecule has 1 aromatic carbocycles. The number of halogens is 3. The summed E-state index contributed by atoms with van der Waals surface area (Å²) in [7, 11) is 4.26. The zero-order chi connectivity index (χ0) is 19.3. The third-order valence-corrected chi connectivity index (χ3v) is 4.12. The van der Waals surface area contributed by atoms with Crippen molar-refractivity contribution in [1.82, 2.24) is 4.98 Å². The summed E-state index contributed by atoms with van der Waals surface area (Å²) in [4.78, 5) is 15.7. The third-order valence-electron chi connectivity index (χ3n) is 3.12. The van der Waals surface area contributed by atoms with Gasteiger partial charge < -0.3 is 18.5 Å². The van der Waals surface area contributed by atoms with E-state index in [1.165, 1.54) is 55.2 Å². The van der Waals surface area contributed by atoms with E-state index in [9.17, 15) is 18.0 Å². The zero-order valence-electron chi connectivity index (χ0n) is 14.0. The number of hydrogen-bond donors (Lipinski definition) is 0. The second-order valence-corrected chi connectivity index (χ2v) is 6.04. The van der Waals surface area contributed by atoms with Crippen molar-refractivity contribution >= 4 is 23.6 Å². The van der Waals surface area contributed by atoms with Crippen LogP contribution in [0, 0.1) is 0 Å². The van der Waals surface area contributed by atoms with Crippen molar-refractivity contribution in [2.45, 2.75) is 11.3 Å². The number of carbonyl (C=O) groups is 1. The summed E-state index contributed by atoms with van der Waals surface area (Å²) in [5.74, 6) is -0.565. The van der Waals surface area contributed by atoms with Gasteiger partial charge in [0.25, 0.3) is 0 Å².